The van der Waals surface area contributed by atoms with Crippen molar-refractivity contribution in [1.29, 1.82) is 0 Å². The molecule has 1 fully saturated rings. The van der Waals surface area contributed by atoms with Crippen molar-refractivity contribution >= 4 is 17.4 Å². The zero-order chi connectivity index (χ0) is 23.8. The topological polar surface area (TPSA) is 70.1 Å². The van der Waals surface area contributed by atoms with Gasteiger partial charge >= 0.3 is 0 Å². The third-order valence-corrected chi connectivity index (χ3v) is 6.10. The van der Waals surface area contributed by atoms with E-state index in [2.05, 4.69) is 25.7 Å². The molecule has 33 heavy (non-hydrogen) atoms. The molecule has 0 bridgehead atoms. The van der Waals surface area contributed by atoms with Crippen LogP contribution in [-0.2, 0) is 9.59 Å². The Morgan fingerprint density at radius 2 is 1.67 bits per heavy atom. The van der Waals surface area contributed by atoms with E-state index in [0.717, 1.165) is 31.5 Å². The molecule has 1 unspecified atom stereocenters. The van der Waals surface area contributed by atoms with Crippen LogP contribution in [0.5, 0.6) is 5.75 Å². The van der Waals surface area contributed by atoms with Gasteiger partial charge in [-0.3, -0.25) is 9.59 Å². The van der Waals surface area contributed by atoms with Gasteiger partial charge in [-0.2, -0.15) is 0 Å². The van der Waals surface area contributed by atoms with Crippen molar-refractivity contribution in [2.24, 2.45) is 0 Å². The quantitative estimate of drug-likeness (QED) is 0.234. The number of hydrogen-bond donors (Lipinski definition) is 1. The summed E-state index contributed by atoms with van der Waals surface area (Å²) in [6, 6.07) is 15.8. The van der Waals surface area contributed by atoms with Gasteiger partial charge in [-0.1, -0.05) is 57.5 Å². The first-order valence-electron chi connectivity index (χ1n) is 11.8. The van der Waals surface area contributed by atoms with E-state index in [0.29, 0.717) is 31.0 Å². The van der Waals surface area contributed by atoms with Crippen molar-refractivity contribution in [3.8, 4) is 5.75 Å². The summed E-state index contributed by atoms with van der Waals surface area (Å²) in [5, 5.41) is 11.2. The second-order valence-electron chi connectivity index (χ2n) is 8.16. The van der Waals surface area contributed by atoms with E-state index in [9.17, 15) is 14.7 Å². The molecule has 6 nitrogen and oxygen atoms in total. The first-order chi connectivity index (χ1) is 16.0. The fourth-order valence-corrected chi connectivity index (χ4v) is 4.08. The summed E-state index contributed by atoms with van der Waals surface area (Å²) >= 11 is 0. The molecule has 176 valence electrons. The highest BCUT2D eigenvalue weighted by Crippen LogP contribution is 2.39. The van der Waals surface area contributed by atoms with Crippen molar-refractivity contribution in [3.05, 3.63) is 71.3 Å². The number of unbranched alkanes of at least 4 members (excludes halogenated alkanes) is 1. The van der Waals surface area contributed by atoms with E-state index in [1.807, 2.05) is 30.3 Å². The van der Waals surface area contributed by atoms with E-state index in [1.54, 1.807) is 29.2 Å². The summed E-state index contributed by atoms with van der Waals surface area (Å²) in [6.45, 7) is 9.68. The van der Waals surface area contributed by atoms with Crippen LogP contribution in [0.4, 0.5) is 0 Å². The van der Waals surface area contributed by atoms with Gasteiger partial charge in [-0.25, -0.2) is 0 Å². The summed E-state index contributed by atoms with van der Waals surface area (Å²) in [6.07, 6.45) is 2.02. The lowest BCUT2D eigenvalue weighted by molar-refractivity contribution is -0.140. The van der Waals surface area contributed by atoms with Gasteiger partial charge < -0.3 is 19.6 Å². The molecule has 1 saturated heterocycles. The summed E-state index contributed by atoms with van der Waals surface area (Å²) in [4.78, 5) is 29.9. The summed E-state index contributed by atoms with van der Waals surface area (Å²) in [5.74, 6) is -0.673. The summed E-state index contributed by atoms with van der Waals surface area (Å²) < 4.78 is 5.70. The number of aliphatic hydroxyl groups excluding tert-OH is 1. The van der Waals surface area contributed by atoms with Crippen LogP contribution < -0.4 is 4.74 Å². The molecule has 0 aliphatic carbocycles. The number of aliphatic hydroxyl groups is 1. The maximum atomic E-state index is 13.1. The number of amides is 1. The fourth-order valence-electron chi connectivity index (χ4n) is 4.08. The number of likely N-dealkylation sites (tertiary alicyclic amines) is 1. The Balaban J connectivity index is 1.96. The monoisotopic (exact) mass is 450 g/mol. The molecule has 2 aromatic carbocycles. The molecule has 1 heterocycles. The molecule has 0 spiro atoms. The minimum Gasteiger partial charge on any atom is -0.507 e. The first-order valence-corrected chi connectivity index (χ1v) is 11.8. The first kappa shape index (κ1) is 24.5. The highest BCUT2D eigenvalue weighted by molar-refractivity contribution is 6.46. The lowest BCUT2D eigenvalue weighted by Crippen LogP contribution is -2.38. The van der Waals surface area contributed by atoms with Gasteiger partial charge in [0.2, 0.25) is 0 Å². The Kier molecular flexibility index (Phi) is 8.66. The largest absolute Gasteiger partial charge is 0.507 e. The number of carbonyl (C=O) groups excluding carboxylic acids is 2. The third kappa shape index (κ3) is 5.63. The number of benzene rings is 2. The van der Waals surface area contributed by atoms with Crippen LogP contribution in [0.25, 0.3) is 5.76 Å². The molecule has 1 atom stereocenters. The second-order valence-corrected chi connectivity index (χ2v) is 8.16. The van der Waals surface area contributed by atoms with Gasteiger partial charge in [-0.15, -0.1) is 0 Å². The van der Waals surface area contributed by atoms with E-state index in [1.165, 1.54) is 0 Å². The van der Waals surface area contributed by atoms with Crippen LogP contribution in [-0.4, -0.2) is 59.4 Å². The molecule has 1 aliphatic rings. The van der Waals surface area contributed by atoms with Crippen molar-refractivity contribution in [2.75, 3.05) is 32.8 Å². The van der Waals surface area contributed by atoms with Gasteiger partial charge in [-0.05, 0) is 49.3 Å². The number of rotatable bonds is 11. The molecule has 1 aliphatic heterocycles. The average molecular weight is 451 g/mol. The Labute approximate surface area is 196 Å². The van der Waals surface area contributed by atoms with E-state index < -0.39 is 17.7 Å². The lowest BCUT2D eigenvalue weighted by atomic mass is 9.95. The van der Waals surface area contributed by atoms with Gasteiger partial charge in [0, 0.05) is 18.7 Å². The van der Waals surface area contributed by atoms with Crippen LogP contribution in [0.1, 0.15) is 50.8 Å². The summed E-state index contributed by atoms with van der Waals surface area (Å²) in [5.41, 5.74) is 1.42. The van der Waals surface area contributed by atoms with Crippen LogP contribution >= 0.6 is 0 Å². The zero-order valence-electron chi connectivity index (χ0n) is 19.8. The molecule has 2 aromatic rings. The Morgan fingerprint density at radius 3 is 2.27 bits per heavy atom. The van der Waals surface area contributed by atoms with Gasteiger partial charge in [0.25, 0.3) is 11.7 Å². The molecule has 6 heteroatoms. The maximum Gasteiger partial charge on any atom is 0.295 e. The van der Waals surface area contributed by atoms with Gasteiger partial charge in [0.05, 0.1) is 18.2 Å². The lowest BCUT2D eigenvalue weighted by Gasteiger charge is -2.28. The molecule has 0 saturated carbocycles. The van der Waals surface area contributed by atoms with Crippen LogP contribution in [0.15, 0.2) is 60.2 Å². The van der Waals surface area contributed by atoms with E-state index >= 15 is 0 Å². The molecule has 1 amide bonds. The number of nitrogens with zero attached hydrogens (tertiary/aromatic N) is 2. The smallest absolute Gasteiger partial charge is 0.295 e. The van der Waals surface area contributed by atoms with E-state index in [4.69, 9.17) is 4.74 Å². The molecule has 0 aromatic heterocycles. The highest BCUT2D eigenvalue weighted by Gasteiger charge is 2.45. The van der Waals surface area contributed by atoms with Crippen molar-refractivity contribution in [3.63, 3.8) is 0 Å². The van der Waals surface area contributed by atoms with Crippen molar-refractivity contribution in [1.82, 2.24) is 9.80 Å². The molecule has 1 N–H and O–H groups in total. The maximum absolute atomic E-state index is 13.1. The van der Waals surface area contributed by atoms with Crippen molar-refractivity contribution in [2.45, 2.75) is 39.7 Å². The predicted octanol–water partition coefficient (Wildman–Crippen LogP) is 4.63. The van der Waals surface area contributed by atoms with Crippen molar-refractivity contribution < 1.29 is 19.4 Å². The predicted molar refractivity (Wildman–Crippen MR) is 130 cm³/mol. The van der Waals surface area contributed by atoms with Crippen LogP contribution in [0.2, 0.25) is 0 Å². The Morgan fingerprint density at radius 1 is 1.00 bits per heavy atom. The van der Waals surface area contributed by atoms with Crippen LogP contribution in [0.3, 0.4) is 0 Å². The number of ketones is 1. The SMILES string of the molecule is CCCCOc1ccc(/C(O)=C2\C(=O)C(=O)N(CCN(CC)CC)C2c2ccccc2)cc1. The Hall–Kier alpha value is -3.12. The normalized spacial score (nSPS) is 17.7. The average Bonchev–Trinajstić information content (AvgIpc) is 3.10. The third-order valence-electron chi connectivity index (χ3n) is 6.10. The summed E-state index contributed by atoms with van der Waals surface area (Å²) in [7, 11) is 0. The highest BCUT2D eigenvalue weighted by atomic mass is 16.5. The standard InChI is InChI=1S/C27H34N2O4/c1-4-7-19-33-22-15-13-21(14-16-22)25(30)23-24(20-11-9-8-10-12-20)29(27(32)26(23)31)18-17-28(5-2)6-3/h8-16,24,30H,4-7,17-19H2,1-3H3/b25-23+. The number of carbonyl (C=O) groups is 2. The molecule has 0 radical (unpaired) electrons. The molecular formula is C27H34N2O4. The van der Waals surface area contributed by atoms with Gasteiger partial charge in [0.1, 0.15) is 11.5 Å². The second kappa shape index (κ2) is 11.7. The minimum absolute atomic E-state index is 0.130. The van der Waals surface area contributed by atoms with E-state index in [-0.39, 0.29) is 11.3 Å². The number of Topliss-reactive ketones (excluding diaryl/α,β-unsaturated/α-hetero) is 1. The molecular weight excluding hydrogens is 416 g/mol. The van der Waals surface area contributed by atoms with Gasteiger partial charge in [0.15, 0.2) is 0 Å². The number of likely N-dealkylation sites (N-methyl/N-ethyl adjacent to an activating group) is 1. The zero-order valence-corrected chi connectivity index (χ0v) is 19.8. The minimum atomic E-state index is -0.649. The number of hydrogen-bond acceptors (Lipinski definition) is 5. The Bertz CT molecular complexity index is 965. The number of ether oxygens (including phenoxy) is 1. The molecule has 3 rings (SSSR count). The van der Waals surface area contributed by atoms with Crippen LogP contribution in [0, 0.1) is 0 Å². The fraction of sp³-hybridized carbons (Fsp3) is 0.407.